The van der Waals surface area contributed by atoms with Crippen molar-refractivity contribution in [3.63, 3.8) is 0 Å². The Kier molecular flexibility index (Phi) is 2.89. The summed E-state index contributed by atoms with van der Waals surface area (Å²) in [5.41, 5.74) is -0.916. The van der Waals surface area contributed by atoms with Gasteiger partial charge >= 0.3 is 0 Å². The van der Waals surface area contributed by atoms with Crippen LogP contribution in [0.15, 0.2) is 18.2 Å². The summed E-state index contributed by atoms with van der Waals surface area (Å²) in [7, 11) is -3.15. The highest BCUT2D eigenvalue weighted by molar-refractivity contribution is 7.93. The summed E-state index contributed by atoms with van der Waals surface area (Å²) in [5.74, 6) is -0.590. The van der Waals surface area contributed by atoms with Gasteiger partial charge in [0.1, 0.15) is 5.82 Å². The molecule has 0 saturated carbocycles. The molecule has 2 heterocycles. The largest absolute Gasteiger partial charge is 0.385 e. The van der Waals surface area contributed by atoms with E-state index in [2.05, 4.69) is 0 Å². The van der Waals surface area contributed by atoms with E-state index in [1.54, 1.807) is 0 Å². The number of rotatable bonds is 1. The quantitative estimate of drug-likeness (QED) is 0.854. The highest BCUT2D eigenvalue weighted by Gasteiger charge is 2.53. The minimum Gasteiger partial charge on any atom is -0.385 e. The predicted octanol–water partition coefficient (Wildman–Crippen LogP) is 1.62. The number of nitriles is 1. The number of hydrogen-bond acceptors (Lipinski definition) is 4. The number of fused-ring (bicyclic) bond motifs is 2. The predicted molar refractivity (Wildman–Crippen MR) is 70.0 cm³/mol. The van der Waals surface area contributed by atoms with Crippen molar-refractivity contribution in [3.05, 3.63) is 35.1 Å². The average Bonchev–Trinajstić information content (AvgIpc) is 2.58. The molecule has 4 nitrogen and oxygen atoms in total. The van der Waals surface area contributed by atoms with Crippen LogP contribution in [0.25, 0.3) is 0 Å². The van der Waals surface area contributed by atoms with Crippen LogP contribution >= 0.6 is 0 Å². The highest BCUT2D eigenvalue weighted by atomic mass is 32.2. The van der Waals surface area contributed by atoms with Gasteiger partial charge in [-0.25, -0.2) is 12.8 Å². The molecule has 2 fully saturated rings. The normalized spacial score (nSPS) is 34.6. The minimum atomic E-state index is -3.15. The summed E-state index contributed by atoms with van der Waals surface area (Å²) < 4.78 is 37.6. The third-order valence-corrected chi connectivity index (χ3v) is 7.10. The molecule has 2 aliphatic heterocycles. The third kappa shape index (κ3) is 1.93. The lowest BCUT2D eigenvalue weighted by Gasteiger charge is -2.36. The van der Waals surface area contributed by atoms with Gasteiger partial charge in [-0.2, -0.15) is 5.26 Å². The Balaban J connectivity index is 2.03. The molecule has 2 saturated heterocycles. The maximum Gasteiger partial charge on any atom is 0.156 e. The van der Waals surface area contributed by atoms with Gasteiger partial charge in [0.15, 0.2) is 9.84 Å². The molecule has 1 N–H and O–H groups in total. The van der Waals surface area contributed by atoms with Gasteiger partial charge in [-0.15, -0.1) is 0 Å². The number of hydrogen-bond donors (Lipinski definition) is 1. The third-order valence-electron chi connectivity index (χ3n) is 4.43. The van der Waals surface area contributed by atoms with Crippen molar-refractivity contribution in [1.29, 1.82) is 5.26 Å². The first-order valence-electron chi connectivity index (χ1n) is 6.51. The second-order valence-electron chi connectivity index (χ2n) is 5.69. The molecule has 0 aromatic heterocycles. The maximum absolute atomic E-state index is 13.5. The second-order valence-corrected chi connectivity index (χ2v) is 8.20. The zero-order chi connectivity index (χ0) is 14.5. The van der Waals surface area contributed by atoms with Crippen LogP contribution in [-0.2, 0) is 15.4 Å². The lowest BCUT2D eigenvalue weighted by molar-refractivity contribution is 0.0170. The van der Waals surface area contributed by atoms with Gasteiger partial charge in [0.25, 0.3) is 0 Å². The van der Waals surface area contributed by atoms with Gasteiger partial charge in [-0.05, 0) is 49.4 Å². The van der Waals surface area contributed by atoms with Gasteiger partial charge in [0.2, 0.25) is 0 Å². The van der Waals surface area contributed by atoms with Crippen molar-refractivity contribution in [1.82, 2.24) is 0 Å². The van der Waals surface area contributed by atoms with Gasteiger partial charge in [-0.1, -0.05) is 0 Å². The molecule has 2 atom stereocenters. The summed E-state index contributed by atoms with van der Waals surface area (Å²) in [6.45, 7) is 0. The first-order chi connectivity index (χ1) is 9.35. The van der Waals surface area contributed by atoms with Crippen molar-refractivity contribution in [2.45, 2.75) is 41.8 Å². The van der Waals surface area contributed by atoms with E-state index in [9.17, 15) is 17.9 Å². The first-order valence-corrected chi connectivity index (χ1v) is 8.12. The topological polar surface area (TPSA) is 78.2 Å². The van der Waals surface area contributed by atoms with Crippen molar-refractivity contribution in [2.24, 2.45) is 0 Å². The van der Waals surface area contributed by atoms with Crippen molar-refractivity contribution < 1.29 is 17.9 Å². The standard InChI is InChI=1S/C14H14FNO3S/c15-11-4-9(8-16)3-10(5-11)14(17)6-12-1-2-13(7-14)20(12,18)19/h3-5,12-13,17H,1-2,6-7H2. The van der Waals surface area contributed by atoms with Crippen LogP contribution in [0.2, 0.25) is 0 Å². The van der Waals surface area contributed by atoms with Crippen LogP contribution in [0.5, 0.6) is 0 Å². The highest BCUT2D eigenvalue weighted by Crippen LogP contribution is 2.47. The summed E-state index contributed by atoms with van der Waals surface area (Å²) >= 11 is 0. The first kappa shape index (κ1) is 13.5. The number of sulfone groups is 1. The van der Waals surface area contributed by atoms with E-state index in [-0.39, 0.29) is 18.4 Å². The molecule has 0 aliphatic carbocycles. The van der Waals surface area contributed by atoms with Crippen LogP contribution < -0.4 is 0 Å². The summed E-state index contributed by atoms with van der Waals surface area (Å²) in [6, 6.07) is 5.59. The monoisotopic (exact) mass is 295 g/mol. The lowest BCUT2D eigenvalue weighted by Crippen LogP contribution is -2.43. The van der Waals surface area contributed by atoms with E-state index in [4.69, 9.17) is 5.26 Å². The molecule has 1 aromatic rings. The number of halogens is 1. The van der Waals surface area contributed by atoms with Crippen molar-refractivity contribution in [2.75, 3.05) is 0 Å². The van der Waals surface area contributed by atoms with E-state index < -0.39 is 31.8 Å². The smallest absolute Gasteiger partial charge is 0.156 e. The zero-order valence-electron chi connectivity index (χ0n) is 10.7. The molecular formula is C14H14FNO3S. The maximum atomic E-state index is 13.5. The second kappa shape index (κ2) is 4.27. The minimum absolute atomic E-state index is 0.0835. The fraction of sp³-hybridized carbons (Fsp3) is 0.500. The van der Waals surface area contributed by atoms with Crippen LogP contribution in [0.1, 0.15) is 36.8 Å². The van der Waals surface area contributed by atoms with Crippen LogP contribution in [0.4, 0.5) is 4.39 Å². The van der Waals surface area contributed by atoms with Gasteiger partial charge in [0.05, 0.1) is 27.7 Å². The Hall–Kier alpha value is -1.45. The molecule has 0 radical (unpaired) electrons. The lowest BCUT2D eigenvalue weighted by atomic mass is 9.85. The van der Waals surface area contributed by atoms with Gasteiger partial charge < -0.3 is 5.11 Å². The Morgan fingerprint density at radius 1 is 1.25 bits per heavy atom. The summed E-state index contributed by atoms with van der Waals surface area (Å²) in [5, 5.41) is 18.5. The van der Waals surface area contributed by atoms with Gasteiger partial charge in [-0.3, -0.25) is 0 Å². The van der Waals surface area contributed by atoms with Crippen molar-refractivity contribution in [3.8, 4) is 6.07 Å². The molecular weight excluding hydrogens is 281 g/mol. The summed E-state index contributed by atoms with van der Waals surface area (Å²) in [4.78, 5) is 0. The molecule has 106 valence electrons. The Bertz CT molecular complexity index is 688. The molecule has 2 aliphatic rings. The van der Waals surface area contributed by atoms with Crippen LogP contribution in [0.3, 0.4) is 0 Å². The van der Waals surface area contributed by atoms with E-state index in [1.807, 2.05) is 6.07 Å². The number of aliphatic hydroxyl groups is 1. The van der Waals surface area contributed by atoms with E-state index in [0.29, 0.717) is 18.4 Å². The Labute approximate surface area is 116 Å². The van der Waals surface area contributed by atoms with Crippen LogP contribution in [-0.4, -0.2) is 24.0 Å². The Morgan fingerprint density at radius 3 is 2.40 bits per heavy atom. The van der Waals surface area contributed by atoms with Crippen LogP contribution in [0, 0.1) is 17.1 Å². The molecule has 3 rings (SSSR count). The summed E-state index contributed by atoms with van der Waals surface area (Å²) in [6.07, 6.45) is 1.27. The number of benzene rings is 1. The molecule has 20 heavy (non-hydrogen) atoms. The SMILES string of the molecule is N#Cc1cc(F)cc(C2(O)CC3CCC(C2)S3(=O)=O)c1. The molecule has 2 unspecified atom stereocenters. The zero-order valence-corrected chi connectivity index (χ0v) is 11.5. The Morgan fingerprint density at radius 2 is 1.85 bits per heavy atom. The van der Waals surface area contributed by atoms with Crippen molar-refractivity contribution >= 4 is 9.84 Å². The van der Waals surface area contributed by atoms with E-state index in [0.717, 1.165) is 6.07 Å². The molecule has 6 heteroatoms. The number of nitrogens with zero attached hydrogens (tertiary/aromatic N) is 1. The fourth-order valence-corrected chi connectivity index (χ4v) is 5.89. The molecule has 0 amide bonds. The van der Waals surface area contributed by atoms with E-state index in [1.165, 1.54) is 12.1 Å². The van der Waals surface area contributed by atoms with Gasteiger partial charge in [0, 0.05) is 0 Å². The van der Waals surface area contributed by atoms with E-state index >= 15 is 0 Å². The molecule has 1 aromatic carbocycles. The molecule has 2 bridgehead atoms. The fourth-order valence-electron chi connectivity index (χ4n) is 3.40. The molecule has 0 spiro atoms. The average molecular weight is 295 g/mol.